The maximum atomic E-state index is 6.26. The highest BCUT2D eigenvalue weighted by Gasteiger charge is 2.22. The Morgan fingerprint density at radius 2 is 1.80 bits per heavy atom. The Labute approximate surface area is 147 Å². The van der Waals surface area contributed by atoms with E-state index in [2.05, 4.69) is 47.1 Å². The van der Waals surface area contributed by atoms with Gasteiger partial charge in [-0.15, -0.1) is 0 Å². The first-order valence-electron chi connectivity index (χ1n) is 8.53. The van der Waals surface area contributed by atoms with Crippen molar-refractivity contribution >= 4 is 22.8 Å². The first kappa shape index (κ1) is 15.8. The summed E-state index contributed by atoms with van der Waals surface area (Å²) in [7, 11) is 3.98. The highest BCUT2D eigenvalue weighted by molar-refractivity contribution is 5.99. The highest BCUT2D eigenvalue weighted by atomic mass is 15.4. The summed E-state index contributed by atoms with van der Waals surface area (Å²) >= 11 is 0. The average Bonchev–Trinajstić information content (AvgIpc) is 2.89. The number of piperazine rings is 1. The van der Waals surface area contributed by atoms with Crippen molar-refractivity contribution in [1.82, 2.24) is 24.6 Å². The monoisotopic (exact) mass is 337 g/mol. The summed E-state index contributed by atoms with van der Waals surface area (Å²) in [5.41, 5.74) is 10.0. The van der Waals surface area contributed by atoms with Crippen LogP contribution in [0.25, 0.3) is 22.3 Å². The zero-order valence-electron chi connectivity index (χ0n) is 14.9. The third-order valence-electron chi connectivity index (χ3n) is 4.81. The molecule has 2 N–H and O–H groups in total. The Bertz CT molecular complexity index is 923. The number of aryl methyl sites for hydroxylation is 2. The lowest BCUT2D eigenvalue weighted by Gasteiger charge is -2.32. The maximum absolute atomic E-state index is 6.26. The Balaban J connectivity index is 1.89. The zero-order valence-corrected chi connectivity index (χ0v) is 14.9. The summed E-state index contributed by atoms with van der Waals surface area (Å²) in [6, 6.07) is 8.31. The van der Waals surface area contributed by atoms with Crippen LogP contribution < -0.4 is 10.6 Å². The summed E-state index contributed by atoms with van der Waals surface area (Å²) in [6.45, 7) is 5.92. The number of fused-ring (bicyclic) bond motifs is 1. The van der Waals surface area contributed by atoms with Crippen molar-refractivity contribution in [1.29, 1.82) is 0 Å². The lowest BCUT2D eigenvalue weighted by atomic mass is 10.1. The van der Waals surface area contributed by atoms with Crippen LogP contribution in [-0.2, 0) is 7.05 Å². The van der Waals surface area contributed by atoms with Gasteiger partial charge in [0.15, 0.2) is 5.65 Å². The Hall–Kier alpha value is -2.67. The SMILES string of the molecule is Cc1cccc(-c2nc(N3CCN(C)CC3)nc3nn(C)c(N)c23)c1. The average molecular weight is 337 g/mol. The standard InChI is InChI=1S/C18H23N7/c1-12-5-4-6-13(11-12)15-14-16(19)24(3)22-17(14)21-18(20-15)25-9-7-23(2)8-10-25/h4-6,11H,7-10,19H2,1-3H3. The van der Waals surface area contributed by atoms with Crippen LogP contribution in [0.3, 0.4) is 0 Å². The minimum absolute atomic E-state index is 0.594. The molecular formula is C18H23N7. The summed E-state index contributed by atoms with van der Waals surface area (Å²) in [5.74, 6) is 1.33. The van der Waals surface area contributed by atoms with E-state index in [0.29, 0.717) is 11.5 Å². The van der Waals surface area contributed by atoms with Crippen LogP contribution in [-0.4, -0.2) is 57.9 Å². The van der Waals surface area contributed by atoms with E-state index >= 15 is 0 Å². The zero-order chi connectivity index (χ0) is 17.6. The van der Waals surface area contributed by atoms with Gasteiger partial charge in [-0.25, -0.2) is 4.98 Å². The molecule has 3 aromatic rings. The molecule has 0 unspecified atom stereocenters. The summed E-state index contributed by atoms with van der Waals surface area (Å²) < 4.78 is 1.67. The smallest absolute Gasteiger partial charge is 0.228 e. The molecule has 1 aliphatic rings. The van der Waals surface area contributed by atoms with Gasteiger partial charge in [0.05, 0.1) is 11.1 Å². The van der Waals surface area contributed by atoms with Gasteiger partial charge in [0.2, 0.25) is 5.95 Å². The van der Waals surface area contributed by atoms with Gasteiger partial charge < -0.3 is 15.5 Å². The summed E-state index contributed by atoms with van der Waals surface area (Å²) in [6.07, 6.45) is 0. The number of rotatable bonds is 2. The van der Waals surface area contributed by atoms with E-state index in [1.807, 2.05) is 13.1 Å². The van der Waals surface area contributed by atoms with Crippen molar-refractivity contribution in [2.24, 2.45) is 7.05 Å². The topological polar surface area (TPSA) is 76.1 Å². The van der Waals surface area contributed by atoms with E-state index < -0.39 is 0 Å². The molecule has 0 bridgehead atoms. The molecule has 1 aliphatic heterocycles. The maximum Gasteiger partial charge on any atom is 0.228 e. The fraction of sp³-hybridized carbons (Fsp3) is 0.389. The molecule has 7 heteroatoms. The second-order valence-corrected chi connectivity index (χ2v) is 6.74. The molecule has 0 aliphatic carbocycles. The molecule has 0 spiro atoms. The predicted octanol–water partition coefficient (Wildman–Crippen LogP) is 1.67. The van der Waals surface area contributed by atoms with Gasteiger partial charge in [-0.3, -0.25) is 4.68 Å². The summed E-state index contributed by atoms with van der Waals surface area (Å²) in [4.78, 5) is 14.1. The molecule has 3 heterocycles. The van der Waals surface area contributed by atoms with Crippen LogP contribution in [0.5, 0.6) is 0 Å². The van der Waals surface area contributed by atoms with Gasteiger partial charge in [0.1, 0.15) is 5.82 Å². The number of anilines is 2. The van der Waals surface area contributed by atoms with Crippen molar-refractivity contribution in [2.75, 3.05) is 43.9 Å². The largest absolute Gasteiger partial charge is 0.383 e. The molecule has 1 fully saturated rings. The fourth-order valence-corrected chi connectivity index (χ4v) is 3.25. The molecule has 130 valence electrons. The van der Waals surface area contributed by atoms with Crippen molar-refractivity contribution in [2.45, 2.75) is 6.92 Å². The number of nitrogen functional groups attached to an aromatic ring is 1. The molecule has 0 amide bonds. The lowest BCUT2D eigenvalue weighted by Crippen LogP contribution is -2.45. The molecule has 2 aromatic heterocycles. The molecular weight excluding hydrogens is 314 g/mol. The Morgan fingerprint density at radius 3 is 2.52 bits per heavy atom. The molecule has 0 atom stereocenters. The molecule has 4 rings (SSSR count). The van der Waals surface area contributed by atoms with Gasteiger partial charge in [-0.05, 0) is 20.0 Å². The van der Waals surface area contributed by atoms with Crippen LogP contribution >= 0.6 is 0 Å². The van der Waals surface area contributed by atoms with E-state index in [0.717, 1.165) is 48.8 Å². The predicted molar refractivity (Wildman–Crippen MR) is 101 cm³/mol. The fourth-order valence-electron chi connectivity index (χ4n) is 3.25. The van der Waals surface area contributed by atoms with Gasteiger partial charge in [0.25, 0.3) is 0 Å². The first-order chi connectivity index (χ1) is 12.0. The first-order valence-corrected chi connectivity index (χ1v) is 8.53. The number of aromatic nitrogens is 4. The second kappa shape index (κ2) is 6.00. The Kier molecular flexibility index (Phi) is 3.80. The number of nitrogens with zero attached hydrogens (tertiary/aromatic N) is 6. The van der Waals surface area contributed by atoms with Gasteiger partial charge in [-0.1, -0.05) is 23.8 Å². The van der Waals surface area contributed by atoms with Crippen LogP contribution in [0, 0.1) is 6.92 Å². The van der Waals surface area contributed by atoms with Gasteiger partial charge in [0, 0.05) is 38.8 Å². The van der Waals surface area contributed by atoms with Gasteiger partial charge >= 0.3 is 0 Å². The molecule has 0 saturated carbocycles. The summed E-state index contributed by atoms with van der Waals surface area (Å²) in [5, 5.41) is 5.32. The third kappa shape index (κ3) is 2.80. The molecule has 0 radical (unpaired) electrons. The molecule has 1 saturated heterocycles. The minimum atomic E-state index is 0.594. The molecule has 25 heavy (non-hydrogen) atoms. The number of hydrogen-bond acceptors (Lipinski definition) is 6. The Morgan fingerprint density at radius 1 is 1.04 bits per heavy atom. The third-order valence-corrected chi connectivity index (χ3v) is 4.81. The minimum Gasteiger partial charge on any atom is -0.383 e. The number of hydrogen-bond donors (Lipinski definition) is 1. The van der Waals surface area contributed by atoms with E-state index in [-0.39, 0.29) is 0 Å². The second-order valence-electron chi connectivity index (χ2n) is 6.74. The van der Waals surface area contributed by atoms with Crippen LogP contribution in [0.2, 0.25) is 0 Å². The van der Waals surface area contributed by atoms with Crippen molar-refractivity contribution in [3.63, 3.8) is 0 Å². The molecule has 7 nitrogen and oxygen atoms in total. The van der Waals surface area contributed by atoms with Crippen LogP contribution in [0.4, 0.5) is 11.8 Å². The van der Waals surface area contributed by atoms with Gasteiger partial charge in [-0.2, -0.15) is 10.1 Å². The normalized spacial score (nSPS) is 15.9. The quantitative estimate of drug-likeness (QED) is 0.767. The van der Waals surface area contributed by atoms with Crippen LogP contribution in [0.1, 0.15) is 5.56 Å². The number of nitrogens with two attached hydrogens (primary N) is 1. The van der Waals surface area contributed by atoms with E-state index in [4.69, 9.17) is 15.7 Å². The van der Waals surface area contributed by atoms with Crippen molar-refractivity contribution in [3.8, 4) is 11.3 Å². The number of benzene rings is 1. The highest BCUT2D eigenvalue weighted by Crippen LogP contribution is 2.32. The van der Waals surface area contributed by atoms with Crippen molar-refractivity contribution < 1.29 is 0 Å². The molecule has 1 aromatic carbocycles. The van der Waals surface area contributed by atoms with E-state index in [1.54, 1.807) is 4.68 Å². The van der Waals surface area contributed by atoms with E-state index in [9.17, 15) is 0 Å². The van der Waals surface area contributed by atoms with Crippen LogP contribution in [0.15, 0.2) is 24.3 Å². The lowest BCUT2D eigenvalue weighted by molar-refractivity contribution is 0.311. The van der Waals surface area contributed by atoms with Crippen molar-refractivity contribution in [3.05, 3.63) is 29.8 Å². The van der Waals surface area contributed by atoms with E-state index in [1.165, 1.54) is 5.56 Å². The number of likely N-dealkylation sites (N-methyl/N-ethyl adjacent to an activating group) is 1.